The molecule has 1 aliphatic heterocycles. The Morgan fingerprint density at radius 1 is 0.738 bits per heavy atom. The van der Waals surface area contributed by atoms with E-state index in [1.165, 1.54) is 152 Å². The van der Waals surface area contributed by atoms with E-state index >= 15 is 8.78 Å². The van der Waals surface area contributed by atoms with Crippen LogP contribution in [0.25, 0.3) is 11.2 Å². The van der Waals surface area contributed by atoms with Crippen molar-refractivity contribution < 1.29 is 46.6 Å². The summed E-state index contributed by atoms with van der Waals surface area (Å²) in [6.45, 7) is 6.59. The smallest absolute Gasteiger partial charge is 0.384 e. The highest BCUT2D eigenvalue weighted by atomic mass is 31.2. The van der Waals surface area contributed by atoms with E-state index in [0.717, 1.165) is 45.4 Å². The molecular weight excluding hydrogens is 856 g/mol. The first-order valence-electron chi connectivity index (χ1n) is 25.7. The van der Waals surface area contributed by atoms with E-state index in [-0.39, 0.29) is 18.9 Å². The van der Waals surface area contributed by atoms with Gasteiger partial charge < -0.3 is 29.1 Å². The zero-order chi connectivity index (χ0) is 47.4. The van der Waals surface area contributed by atoms with E-state index in [1.807, 2.05) is 0 Å². The van der Waals surface area contributed by atoms with Crippen LogP contribution in [0, 0.1) is 6.92 Å². The number of imidazole rings is 1. The molecule has 1 saturated heterocycles. The number of aryl methyl sites for hydroxylation is 1. The van der Waals surface area contributed by atoms with Crippen LogP contribution in [0.5, 0.6) is 0 Å². The monoisotopic (exact) mass is 946 g/mol. The van der Waals surface area contributed by atoms with Crippen molar-refractivity contribution in [2.45, 2.75) is 237 Å². The predicted molar refractivity (Wildman–Crippen MR) is 257 cm³/mol. The van der Waals surface area contributed by atoms with Crippen LogP contribution in [-0.2, 0) is 27.8 Å². The van der Waals surface area contributed by atoms with E-state index in [9.17, 15) is 14.6 Å². The molecule has 378 valence electrons. The maximum absolute atomic E-state index is 16.3. The Bertz CT molecular complexity index is 1590. The van der Waals surface area contributed by atoms with Gasteiger partial charge in [-0.05, 0) is 26.7 Å². The van der Waals surface area contributed by atoms with Crippen LogP contribution in [-0.4, -0.2) is 100 Å². The Kier molecular flexibility index (Phi) is 28.4. The van der Waals surface area contributed by atoms with Crippen LogP contribution >= 0.6 is 7.82 Å². The second-order valence-corrected chi connectivity index (χ2v) is 20.4. The quantitative estimate of drug-likeness (QED) is 0.0482. The molecule has 0 amide bonds. The number of phosphoric acid groups is 1. The van der Waals surface area contributed by atoms with Crippen LogP contribution < -0.4 is 4.90 Å². The lowest BCUT2D eigenvalue weighted by Crippen LogP contribution is -2.46. The molecule has 1 aliphatic rings. The highest BCUT2D eigenvalue weighted by Gasteiger charge is 2.65. The lowest BCUT2D eigenvalue weighted by Gasteiger charge is -2.26. The Hall–Kier alpha value is -1.84. The fraction of sp³-hybridized carbons (Fsp3) is 0.898. The number of alkyl halides is 2. The zero-order valence-electron chi connectivity index (χ0n) is 41.4. The van der Waals surface area contributed by atoms with E-state index in [4.69, 9.17) is 23.3 Å². The largest absolute Gasteiger partial charge is 0.472 e. The summed E-state index contributed by atoms with van der Waals surface area (Å²) in [4.78, 5) is 25.4. The van der Waals surface area contributed by atoms with Gasteiger partial charge in [-0.25, -0.2) is 28.3 Å². The lowest BCUT2D eigenvalue weighted by atomic mass is 9.97. The van der Waals surface area contributed by atoms with Crippen LogP contribution in [0.4, 0.5) is 14.6 Å². The minimum atomic E-state index is -4.94. The van der Waals surface area contributed by atoms with Gasteiger partial charge in [0, 0.05) is 27.3 Å². The molecule has 2 aromatic heterocycles. The maximum atomic E-state index is 16.3. The zero-order valence-corrected chi connectivity index (χ0v) is 42.3. The molecule has 2 N–H and O–H groups in total. The van der Waals surface area contributed by atoms with Gasteiger partial charge in [0.25, 0.3) is 5.85 Å². The summed E-state index contributed by atoms with van der Waals surface area (Å²) < 4.78 is 74.6. The summed E-state index contributed by atoms with van der Waals surface area (Å²) >= 11 is 0. The molecule has 0 aliphatic carbocycles. The van der Waals surface area contributed by atoms with Crippen LogP contribution in [0.2, 0.25) is 0 Å². The molecule has 2 unspecified atom stereocenters. The molecule has 16 heteroatoms. The number of hydrogen-bond donors (Lipinski definition) is 2. The Morgan fingerprint density at radius 2 is 1.20 bits per heavy atom. The third kappa shape index (κ3) is 21.6. The molecule has 0 radical (unpaired) electrons. The molecule has 65 heavy (non-hydrogen) atoms. The minimum absolute atomic E-state index is 0.144. The van der Waals surface area contributed by atoms with Crippen LogP contribution in [0.15, 0.2) is 6.33 Å². The van der Waals surface area contributed by atoms with Gasteiger partial charge in [-0.2, -0.15) is 0 Å². The Balaban J connectivity index is 1.43. The van der Waals surface area contributed by atoms with Gasteiger partial charge in [-0.15, -0.1) is 0 Å². The van der Waals surface area contributed by atoms with E-state index < -0.39 is 44.4 Å². The average Bonchev–Trinajstić information content (AvgIpc) is 3.76. The molecule has 13 nitrogen and oxygen atoms in total. The number of aliphatic hydroxyl groups is 1. The molecule has 0 saturated carbocycles. The van der Waals surface area contributed by atoms with Gasteiger partial charge in [0.15, 0.2) is 35.0 Å². The van der Waals surface area contributed by atoms with Gasteiger partial charge in [-0.1, -0.05) is 181 Å². The maximum Gasteiger partial charge on any atom is 0.472 e. The van der Waals surface area contributed by atoms with Crippen molar-refractivity contribution in [2.24, 2.45) is 0 Å². The van der Waals surface area contributed by atoms with E-state index in [1.54, 1.807) is 25.9 Å². The second kappa shape index (κ2) is 32.1. The van der Waals surface area contributed by atoms with Gasteiger partial charge in [0.1, 0.15) is 18.5 Å². The molecule has 6 atom stereocenters. The van der Waals surface area contributed by atoms with Crippen molar-refractivity contribution in [2.75, 3.05) is 52.0 Å². The van der Waals surface area contributed by atoms with Gasteiger partial charge in [-0.3, -0.25) is 13.6 Å². The summed E-state index contributed by atoms with van der Waals surface area (Å²) in [7, 11) is -1.41. The summed E-state index contributed by atoms with van der Waals surface area (Å²) in [5.74, 6) is -2.41. The van der Waals surface area contributed by atoms with Gasteiger partial charge >= 0.3 is 7.82 Å². The van der Waals surface area contributed by atoms with Crippen molar-refractivity contribution in [3.63, 3.8) is 0 Å². The molecule has 0 aromatic carbocycles. The predicted octanol–water partition coefficient (Wildman–Crippen LogP) is 13.0. The topological polar surface area (TPSA) is 151 Å². The van der Waals surface area contributed by atoms with E-state index in [2.05, 4.69) is 28.8 Å². The first-order chi connectivity index (χ1) is 31.3. The summed E-state index contributed by atoms with van der Waals surface area (Å²) in [6.07, 6.45) is 31.5. The van der Waals surface area contributed by atoms with Crippen molar-refractivity contribution in [1.82, 2.24) is 19.5 Å². The standard InChI is InChI=1S/C49H90F2N5O8P/c1-7-9-11-13-15-17-19-21-23-25-27-29-31-33-35-60-37-42(61-36-34-32-30-28-26-24-22-20-18-16-14-12-10-8-2)38-62-65(58,59)63-39-49(51)46(57)48(4,50)47(64-49)56-40-52-43-44(55(5)6)53-41(3)54-45(43)56/h40,42,46-47,57H,7-39H2,1-6H3,(H,58,59)/t42?,46-,47+,48+,49+/m0/s1. The third-order valence-electron chi connectivity index (χ3n) is 12.6. The first kappa shape index (κ1) is 57.5. The minimum Gasteiger partial charge on any atom is -0.384 e. The normalized spacial score (nSPS) is 21.4. The van der Waals surface area contributed by atoms with Crippen molar-refractivity contribution in [3.8, 4) is 0 Å². The fourth-order valence-corrected chi connectivity index (χ4v) is 9.31. The molecule has 3 rings (SSSR count). The third-order valence-corrected chi connectivity index (χ3v) is 13.5. The molecular formula is C49H90F2N5O8P. The number of unbranched alkanes of at least 4 members (excludes halogenated alkanes) is 26. The number of nitrogens with zero attached hydrogens (tertiary/aromatic N) is 5. The molecule has 2 aromatic rings. The van der Waals surface area contributed by atoms with Crippen molar-refractivity contribution >= 4 is 24.8 Å². The summed E-state index contributed by atoms with van der Waals surface area (Å²) in [5, 5.41) is 10.9. The lowest BCUT2D eigenvalue weighted by molar-refractivity contribution is -0.204. The van der Waals surface area contributed by atoms with E-state index in [0.29, 0.717) is 30.4 Å². The number of aliphatic hydroxyl groups excluding tert-OH is 1. The number of hydrogen-bond acceptors (Lipinski definition) is 11. The van der Waals surface area contributed by atoms with Crippen LogP contribution in [0.1, 0.15) is 213 Å². The number of fused-ring (bicyclic) bond motifs is 1. The van der Waals surface area contributed by atoms with Crippen molar-refractivity contribution in [1.29, 1.82) is 0 Å². The molecule has 0 bridgehead atoms. The summed E-state index contributed by atoms with van der Waals surface area (Å²) in [5.41, 5.74) is -2.24. The SMILES string of the molecule is CCCCCCCCCCCCCCCCOCC(COP(=O)(O)OC[C@@]1(F)O[C@@H](n2cnc3c(N(C)C)nc(C)nc32)[C@](C)(F)[C@@H]1O)OCCCCCCCCCCCCCCCC. The highest BCUT2D eigenvalue weighted by Crippen LogP contribution is 2.51. The molecule has 0 spiro atoms. The highest BCUT2D eigenvalue weighted by molar-refractivity contribution is 7.47. The fourth-order valence-electron chi connectivity index (χ4n) is 8.54. The number of aromatic nitrogens is 4. The average molecular weight is 946 g/mol. The van der Waals surface area contributed by atoms with Crippen LogP contribution in [0.3, 0.4) is 0 Å². The van der Waals surface area contributed by atoms with Crippen molar-refractivity contribution in [3.05, 3.63) is 12.2 Å². The number of rotatable bonds is 41. The van der Waals surface area contributed by atoms with Gasteiger partial charge in [0.05, 0.1) is 19.5 Å². The summed E-state index contributed by atoms with van der Waals surface area (Å²) in [6, 6.07) is 0. The Labute approximate surface area is 391 Å². The number of halogens is 2. The molecule has 3 heterocycles. The Morgan fingerprint density at radius 3 is 1.68 bits per heavy atom. The molecule has 1 fully saturated rings. The second-order valence-electron chi connectivity index (χ2n) is 18.9. The van der Waals surface area contributed by atoms with Gasteiger partial charge in [0.2, 0.25) is 0 Å². The number of phosphoric ester groups is 1. The number of ether oxygens (including phenoxy) is 3. The number of anilines is 1. The first-order valence-corrected chi connectivity index (χ1v) is 27.2.